The van der Waals surface area contributed by atoms with Crippen molar-refractivity contribution >= 4 is 23.5 Å². The zero-order chi connectivity index (χ0) is 14.3. The number of amides is 2. The van der Waals surface area contributed by atoms with Crippen LogP contribution in [0.3, 0.4) is 0 Å². The van der Waals surface area contributed by atoms with Crippen LogP contribution in [0.1, 0.15) is 0 Å². The smallest absolute Gasteiger partial charge is 0.441 e. The SMILES string of the molecule is COc1ccc(NC(=O)NCCSC(F)(F)F)cc1. The number of halogens is 3. The molecule has 0 spiro atoms. The molecule has 0 unspecified atom stereocenters. The number of methoxy groups -OCH3 is 1. The summed E-state index contributed by atoms with van der Waals surface area (Å²) in [7, 11) is 1.52. The van der Waals surface area contributed by atoms with Gasteiger partial charge in [0.05, 0.1) is 7.11 Å². The maximum atomic E-state index is 11.8. The molecule has 106 valence electrons. The van der Waals surface area contributed by atoms with Crippen molar-refractivity contribution in [2.24, 2.45) is 0 Å². The number of ether oxygens (including phenoxy) is 1. The Morgan fingerprint density at radius 3 is 2.47 bits per heavy atom. The lowest BCUT2D eigenvalue weighted by molar-refractivity contribution is -0.0327. The molecule has 2 N–H and O–H groups in total. The zero-order valence-electron chi connectivity index (χ0n) is 10.1. The molecule has 8 heteroatoms. The Hall–Kier alpha value is -1.57. The van der Waals surface area contributed by atoms with Crippen LogP contribution < -0.4 is 15.4 Å². The highest BCUT2D eigenvalue weighted by Crippen LogP contribution is 2.29. The summed E-state index contributed by atoms with van der Waals surface area (Å²) in [5.74, 6) is 0.423. The normalized spacial score (nSPS) is 10.9. The number of hydrogen-bond donors (Lipinski definition) is 2. The number of rotatable bonds is 5. The van der Waals surface area contributed by atoms with Crippen molar-refractivity contribution in [1.29, 1.82) is 0 Å². The average Bonchev–Trinajstić information content (AvgIpc) is 2.34. The van der Waals surface area contributed by atoms with Crippen LogP contribution in [-0.2, 0) is 0 Å². The van der Waals surface area contributed by atoms with Crippen molar-refractivity contribution in [3.05, 3.63) is 24.3 Å². The predicted octanol–water partition coefficient (Wildman–Crippen LogP) is 3.07. The molecule has 0 saturated heterocycles. The van der Waals surface area contributed by atoms with Gasteiger partial charge in [0.25, 0.3) is 0 Å². The Balaban J connectivity index is 2.27. The van der Waals surface area contributed by atoms with Crippen molar-refractivity contribution in [3.8, 4) is 5.75 Å². The number of thioether (sulfide) groups is 1. The second-order valence-electron chi connectivity index (χ2n) is 3.40. The first-order valence-electron chi connectivity index (χ1n) is 5.30. The molecule has 1 aromatic rings. The Kier molecular flexibility index (Phi) is 5.81. The van der Waals surface area contributed by atoms with Crippen LogP contribution in [0, 0.1) is 0 Å². The maximum Gasteiger partial charge on any atom is 0.441 e. The fourth-order valence-electron chi connectivity index (χ4n) is 1.18. The first-order chi connectivity index (χ1) is 8.90. The van der Waals surface area contributed by atoms with Crippen LogP contribution in [0.25, 0.3) is 0 Å². The van der Waals surface area contributed by atoms with Crippen molar-refractivity contribution < 1.29 is 22.7 Å². The van der Waals surface area contributed by atoms with Gasteiger partial charge in [-0.2, -0.15) is 13.2 Å². The number of urea groups is 1. The Morgan fingerprint density at radius 2 is 1.95 bits per heavy atom. The highest BCUT2D eigenvalue weighted by Gasteiger charge is 2.27. The largest absolute Gasteiger partial charge is 0.497 e. The van der Waals surface area contributed by atoms with Crippen molar-refractivity contribution in [2.75, 3.05) is 24.7 Å². The van der Waals surface area contributed by atoms with Crippen LogP contribution in [0.15, 0.2) is 24.3 Å². The van der Waals surface area contributed by atoms with Gasteiger partial charge in [0.15, 0.2) is 0 Å². The highest BCUT2D eigenvalue weighted by molar-refractivity contribution is 8.00. The Labute approximate surface area is 112 Å². The number of alkyl halides is 3. The van der Waals surface area contributed by atoms with Crippen molar-refractivity contribution in [3.63, 3.8) is 0 Å². The fourth-order valence-corrected chi connectivity index (χ4v) is 1.62. The van der Waals surface area contributed by atoms with E-state index in [1.165, 1.54) is 7.11 Å². The van der Waals surface area contributed by atoms with Gasteiger partial charge >= 0.3 is 11.5 Å². The minimum atomic E-state index is -4.27. The third kappa shape index (κ3) is 6.80. The molecule has 0 heterocycles. The quantitative estimate of drug-likeness (QED) is 0.821. The molecular formula is C11H13F3N2O2S. The Morgan fingerprint density at radius 1 is 1.32 bits per heavy atom. The molecule has 0 bridgehead atoms. The summed E-state index contributed by atoms with van der Waals surface area (Å²) in [6.07, 6.45) is 0. The molecule has 19 heavy (non-hydrogen) atoms. The van der Waals surface area contributed by atoms with E-state index in [0.29, 0.717) is 11.4 Å². The standard InChI is InChI=1S/C11H13F3N2O2S/c1-18-9-4-2-8(3-5-9)16-10(17)15-6-7-19-11(12,13)14/h2-5H,6-7H2,1H3,(H2,15,16,17). The van der Waals surface area contributed by atoms with Crippen LogP contribution in [0.4, 0.5) is 23.7 Å². The van der Waals surface area contributed by atoms with E-state index < -0.39 is 11.5 Å². The van der Waals surface area contributed by atoms with E-state index in [0.717, 1.165) is 0 Å². The molecule has 2 amide bonds. The van der Waals surface area contributed by atoms with Gasteiger partial charge in [0.2, 0.25) is 0 Å². The van der Waals surface area contributed by atoms with Crippen molar-refractivity contribution in [2.45, 2.75) is 5.51 Å². The molecule has 0 radical (unpaired) electrons. The van der Waals surface area contributed by atoms with Gasteiger partial charge in [-0.3, -0.25) is 0 Å². The summed E-state index contributed by atoms with van der Waals surface area (Å²) in [5, 5.41) is 4.82. The minimum absolute atomic E-state index is 0.0633. The number of anilines is 1. The van der Waals surface area contributed by atoms with Crippen LogP contribution in [0.2, 0.25) is 0 Å². The monoisotopic (exact) mass is 294 g/mol. The van der Waals surface area contributed by atoms with E-state index in [9.17, 15) is 18.0 Å². The van der Waals surface area contributed by atoms with Gasteiger partial charge in [-0.15, -0.1) is 0 Å². The maximum absolute atomic E-state index is 11.8. The lowest BCUT2D eigenvalue weighted by Crippen LogP contribution is -2.30. The summed E-state index contributed by atoms with van der Waals surface area (Å²) in [5.41, 5.74) is -3.74. The van der Waals surface area contributed by atoms with E-state index in [4.69, 9.17) is 4.74 Å². The molecule has 4 nitrogen and oxygen atoms in total. The van der Waals surface area contributed by atoms with Gasteiger partial charge in [-0.05, 0) is 36.0 Å². The molecule has 1 aromatic carbocycles. The molecule has 0 aliphatic carbocycles. The zero-order valence-corrected chi connectivity index (χ0v) is 10.9. The molecule has 0 aliphatic heterocycles. The molecule has 0 aromatic heterocycles. The summed E-state index contributed by atoms with van der Waals surface area (Å²) in [4.78, 5) is 11.3. The molecule has 0 saturated carbocycles. The lowest BCUT2D eigenvalue weighted by atomic mass is 10.3. The fraction of sp³-hybridized carbons (Fsp3) is 0.364. The Bertz CT molecular complexity index is 409. The number of benzene rings is 1. The highest BCUT2D eigenvalue weighted by atomic mass is 32.2. The molecule has 0 atom stereocenters. The van der Waals surface area contributed by atoms with Crippen LogP contribution >= 0.6 is 11.8 Å². The van der Waals surface area contributed by atoms with Crippen LogP contribution in [0.5, 0.6) is 5.75 Å². The van der Waals surface area contributed by atoms with Gasteiger partial charge < -0.3 is 15.4 Å². The van der Waals surface area contributed by atoms with E-state index in [-0.39, 0.29) is 24.1 Å². The topological polar surface area (TPSA) is 50.4 Å². The number of carbonyl (C=O) groups excluding carboxylic acids is 1. The third-order valence-corrected chi connectivity index (χ3v) is 2.74. The second-order valence-corrected chi connectivity index (χ2v) is 4.56. The van der Waals surface area contributed by atoms with E-state index >= 15 is 0 Å². The summed E-state index contributed by atoms with van der Waals surface area (Å²) in [6.45, 7) is -0.0633. The van der Waals surface area contributed by atoms with E-state index in [1.54, 1.807) is 24.3 Å². The molecule has 0 aliphatic rings. The predicted molar refractivity (Wildman–Crippen MR) is 68.5 cm³/mol. The lowest BCUT2D eigenvalue weighted by Gasteiger charge is -2.09. The first-order valence-corrected chi connectivity index (χ1v) is 6.29. The summed E-state index contributed by atoms with van der Waals surface area (Å²) < 4.78 is 40.4. The van der Waals surface area contributed by atoms with Gasteiger partial charge in [0, 0.05) is 18.0 Å². The minimum Gasteiger partial charge on any atom is -0.497 e. The van der Waals surface area contributed by atoms with E-state index in [2.05, 4.69) is 10.6 Å². The van der Waals surface area contributed by atoms with E-state index in [1.807, 2.05) is 0 Å². The molecule has 1 rings (SSSR count). The van der Waals surface area contributed by atoms with Crippen molar-refractivity contribution in [1.82, 2.24) is 5.32 Å². The summed E-state index contributed by atoms with van der Waals surface area (Å²) >= 11 is -0.172. The van der Waals surface area contributed by atoms with Crippen LogP contribution in [-0.4, -0.2) is 30.9 Å². The molecule has 0 fully saturated rings. The first kappa shape index (κ1) is 15.5. The van der Waals surface area contributed by atoms with Gasteiger partial charge in [0.1, 0.15) is 5.75 Å². The number of carbonyl (C=O) groups is 1. The average molecular weight is 294 g/mol. The number of nitrogens with one attached hydrogen (secondary N) is 2. The third-order valence-electron chi connectivity index (χ3n) is 2.00. The van der Waals surface area contributed by atoms with Gasteiger partial charge in [-0.25, -0.2) is 4.79 Å². The number of hydrogen-bond acceptors (Lipinski definition) is 3. The summed E-state index contributed by atoms with van der Waals surface area (Å²) in [6, 6.07) is 6.03. The second kappa shape index (κ2) is 7.13. The van der Waals surface area contributed by atoms with Gasteiger partial charge in [-0.1, -0.05) is 0 Å². The molecular weight excluding hydrogens is 281 g/mol.